The van der Waals surface area contributed by atoms with Crippen molar-refractivity contribution in [3.05, 3.63) is 48.0 Å². The van der Waals surface area contributed by atoms with Crippen molar-refractivity contribution >= 4 is 10.0 Å². The van der Waals surface area contributed by atoms with E-state index in [0.29, 0.717) is 6.54 Å². The maximum atomic E-state index is 11.3. The Labute approximate surface area is 112 Å². The molecule has 1 aromatic carbocycles. The summed E-state index contributed by atoms with van der Waals surface area (Å²) in [5.74, 6) is 0.828. The van der Waals surface area contributed by atoms with Crippen LogP contribution >= 0.6 is 0 Å². The van der Waals surface area contributed by atoms with Gasteiger partial charge in [-0.1, -0.05) is 12.1 Å². The molecule has 2 aromatic rings. The monoisotopic (exact) mass is 280 g/mol. The number of benzene rings is 1. The molecular weight excluding hydrogens is 264 g/mol. The Hall–Kier alpha value is -1.70. The minimum Gasteiger partial charge on any atom is -0.348 e. The van der Waals surface area contributed by atoms with E-state index in [2.05, 4.69) is 15.3 Å². The second-order valence-electron chi connectivity index (χ2n) is 4.26. The molecule has 1 atom stereocenters. The molecule has 0 aliphatic rings. The summed E-state index contributed by atoms with van der Waals surface area (Å²) in [4.78, 5) is 7.22. The van der Waals surface area contributed by atoms with E-state index >= 15 is 0 Å². The van der Waals surface area contributed by atoms with Crippen LogP contribution in [0, 0.1) is 0 Å². The van der Waals surface area contributed by atoms with Crippen LogP contribution in [0.1, 0.15) is 24.4 Å². The van der Waals surface area contributed by atoms with Crippen LogP contribution in [0.3, 0.4) is 0 Å². The van der Waals surface area contributed by atoms with Gasteiger partial charge >= 0.3 is 0 Å². The van der Waals surface area contributed by atoms with Crippen LogP contribution in [0.2, 0.25) is 0 Å². The fourth-order valence-corrected chi connectivity index (χ4v) is 2.29. The smallest absolute Gasteiger partial charge is 0.238 e. The first-order chi connectivity index (χ1) is 8.97. The van der Waals surface area contributed by atoms with Crippen molar-refractivity contribution in [3.63, 3.8) is 0 Å². The van der Waals surface area contributed by atoms with Gasteiger partial charge in [-0.3, -0.25) is 0 Å². The third-order valence-corrected chi connectivity index (χ3v) is 3.73. The highest BCUT2D eigenvalue weighted by Crippen LogP contribution is 2.16. The van der Waals surface area contributed by atoms with Gasteiger partial charge in [0.1, 0.15) is 5.82 Å². The first-order valence-corrected chi connectivity index (χ1v) is 7.36. The Morgan fingerprint density at radius 1 is 1.47 bits per heavy atom. The van der Waals surface area contributed by atoms with E-state index in [1.807, 2.05) is 13.0 Å². The molecule has 0 saturated heterocycles. The summed E-state index contributed by atoms with van der Waals surface area (Å²) >= 11 is 0. The van der Waals surface area contributed by atoms with Crippen molar-refractivity contribution in [2.75, 3.05) is 0 Å². The van der Waals surface area contributed by atoms with Crippen LogP contribution in [0.15, 0.2) is 41.6 Å². The van der Waals surface area contributed by atoms with Gasteiger partial charge in [0.25, 0.3) is 0 Å². The van der Waals surface area contributed by atoms with Gasteiger partial charge in [0, 0.05) is 18.4 Å². The maximum Gasteiger partial charge on any atom is 0.238 e. The number of sulfonamides is 1. The van der Waals surface area contributed by atoms with Crippen molar-refractivity contribution in [1.82, 2.24) is 15.3 Å². The highest BCUT2D eigenvalue weighted by Gasteiger charge is 2.11. The summed E-state index contributed by atoms with van der Waals surface area (Å²) < 4.78 is 22.6. The Morgan fingerprint density at radius 2 is 2.26 bits per heavy atom. The molecule has 1 heterocycles. The molecule has 19 heavy (non-hydrogen) atoms. The van der Waals surface area contributed by atoms with Crippen LogP contribution in [0.4, 0.5) is 0 Å². The van der Waals surface area contributed by atoms with E-state index in [9.17, 15) is 8.42 Å². The van der Waals surface area contributed by atoms with Gasteiger partial charge in [-0.05, 0) is 24.6 Å². The SMILES string of the molecule is CC(NCc1ncc[nH]1)c1cccc(S(N)(=O)=O)c1. The van der Waals surface area contributed by atoms with Crippen LogP contribution in [0.25, 0.3) is 0 Å². The molecule has 7 heteroatoms. The molecule has 0 aliphatic heterocycles. The second kappa shape index (κ2) is 5.52. The first-order valence-electron chi connectivity index (χ1n) is 5.81. The van der Waals surface area contributed by atoms with Crippen molar-refractivity contribution in [2.45, 2.75) is 24.4 Å². The van der Waals surface area contributed by atoms with E-state index in [1.54, 1.807) is 24.5 Å². The minimum atomic E-state index is -3.66. The fourth-order valence-electron chi connectivity index (χ4n) is 1.72. The lowest BCUT2D eigenvalue weighted by atomic mass is 10.1. The van der Waals surface area contributed by atoms with E-state index in [-0.39, 0.29) is 10.9 Å². The number of nitrogens with zero attached hydrogens (tertiary/aromatic N) is 1. The van der Waals surface area contributed by atoms with Gasteiger partial charge in [-0.25, -0.2) is 18.5 Å². The Morgan fingerprint density at radius 3 is 2.89 bits per heavy atom. The molecule has 0 aliphatic carbocycles. The molecule has 0 amide bonds. The molecular formula is C12H16N4O2S. The number of rotatable bonds is 5. The summed E-state index contributed by atoms with van der Waals surface area (Å²) in [5, 5.41) is 8.36. The van der Waals surface area contributed by atoms with Crippen LogP contribution < -0.4 is 10.5 Å². The minimum absolute atomic E-state index is 0.00759. The predicted molar refractivity (Wildman–Crippen MR) is 71.7 cm³/mol. The third kappa shape index (κ3) is 3.63. The molecule has 1 aromatic heterocycles. The zero-order valence-electron chi connectivity index (χ0n) is 10.5. The number of primary sulfonamides is 1. The van der Waals surface area contributed by atoms with Crippen LogP contribution in [0.5, 0.6) is 0 Å². The molecule has 0 saturated carbocycles. The first kappa shape index (κ1) is 13.7. The molecule has 6 nitrogen and oxygen atoms in total. The third-order valence-electron chi connectivity index (χ3n) is 2.82. The van der Waals surface area contributed by atoms with E-state index < -0.39 is 10.0 Å². The average Bonchev–Trinajstić information content (AvgIpc) is 2.88. The molecule has 2 rings (SSSR count). The lowest BCUT2D eigenvalue weighted by Gasteiger charge is -2.14. The number of nitrogens with two attached hydrogens (primary N) is 1. The number of aromatic nitrogens is 2. The number of hydrogen-bond donors (Lipinski definition) is 3. The van der Waals surface area contributed by atoms with Crippen molar-refractivity contribution in [2.24, 2.45) is 5.14 Å². The normalized spacial score (nSPS) is 13.4. The number of hydrogen-bond acceptors (Lipinski definition) is 4. The number of aromatic amines is 1. The van der Waals surface area contributed by atoms with Gasteiger partial charge < -0.3 is 10.3 Å². The highest BCUT2D eigenvalue weighted by molar-refractivity contribution is 7.89. The molecule has 0 fully saturated rings. The fraction of sp³-hybridized carbons (Fsp3) is 0.250. The highest BCUT2D eigenvalue weighted by atomic mass is 32.2. The summed E-state index contributed by atoms with van der Waals surface area (Å²) in [7, 11) is -3.66. The number of H-pyrrole nitrogens is 1. The molecule has 0 spiro atoms. The average molecular weight is 280 g/mol. The van der Waals surface area contributed by atoms with Gasteiger partial charge in [0.05, 0.1) is 11.4 Å². The zero-order chi connectivity index (χ0) is 13.9. The van der Waals surface area contributed by atoms with Crippen molar-refractivity contribution < 1.29 is 8.42 Å². The van der Waals surface area contributed by atoms with Gasteiger partial charge in [-0.2, -0.15) is 0 Å². The van der Waals surface area contributed by atoms with Gasteiger partial charge in [-0.15, -0.1) is 0 Å². The molecule has 0 radical (unpaired) electrons. The standard InChI is InChI=1S/C12H16N4O2S/c1-9(16-8-12-14-5-6-15-12)10-3-2-4-11(7-10)19(13,17)18/h2-7,9,16H,8H2,1H3,(H,14,15)(H2,13,17,18). The largest absolute Gasteiger partial charge is 0.348 e. The van der Waals surface area contributed by atoms with E-state index in [1.165, 1.54) is 6.07 Å². The second-order valence-corrected chi connectivity index (χ2v) is 5.82. The predicted octanol–water partition coefficient (Wildman–Crippen LogP) is 0.908. The summed E-state index contributed by atoms with van der Waals surface area (Å²) in [5.41, 5.74) is 0.859. The summed E-state index contributed by atoms with van der Waals surface area (Å²) in [6.07, 6.45) is 3.44. The molecule has 4 N–H and O–H groups in total. The quantitative estimate of drug-likeness (QED) is 0.757. The van der Waals surface area contributed by atoms with Crippen molar-refractivity contribution in [3.8, 4) is 0 Å². The van der Waals surface area contributed by atoms with Crippen molar-refractivity contribution in [1.29, 1.82) is 0 Å². The summed E-state index contributed by atoms with van der Waals surface area (Å²) in [6.45, 7) is 2.53. The number of imidazole rings is 1. The zero-order valence-corrected chi connectivity index (χ0v) is 11.3. The Kier molecular flexibility index (Phi) is 3.98. The van der Waals surface area contributed by atoms with Gasteiger partial charge in [0.2, 0.25) is 10.0 Å². The molecule has 102 valence electrons. The van der Waals surface area contributed by atoms with E-state index in [0.717, 1.165) is 11.4 Å². The van der Waals surface area contributed by atoms with Gasteiger partial charge in [0.15, 0.2) is 0 Å². The van der Waals surface area contributed by atoms with Crippen LogP contribution in [-0.2, 0) is 16.6 Å². The maximum absolute atomic E-state index is 11.3. The van der Waals surface area contributed by atoms with E-state index in [4.69, 9.17) is 5.14 Å². The number of nitrogens with one attached hydrogen (secondary N) is 2. The summed E-state index contributed by atoms with van der Waals surface area (Å²) in [6, 6.07) is 6.59. The van der Waals surface area contributed by atoms with Crippen LogP contribution in [-0.4, -0.2) is 18.4 Å². The topological polar surface area (TPSA) is 101 Å². The molecule has 1 unspecified atom stereocenters. The lowest BCUT2D eigenvalue weighted by Crippen LogP contribution is -2.19. The molecule has 0 bridgehead atoms. The Bertz CT molecular complexity index is 638. The lowest BCUT2D eigenvalue weighted by molar-refractivity contribution is 0.560. The Balaban J connectivity index is 2.09.